The van der Waals surface area contributed by atoms with Gasteiger partial charge in [-0.15, -0.1) is 6.58 Å². The van der Waals surface area contributed by atoms with E-state index in [2.05, 4.69) is 6.58 Å². The molecule has 3 rings (SSSR count). The predicted octanol–water partition coefficient (Wildman–Crippen LogP) is 4.69. The zero-order valence-corrected chi connectivity index (χ0v) is 16.9. The van der Waals surface area contributed by atoms with Crippen molar-refractivity contribution in [3.05, 3.63) is 12.7 Å². The zero-order valence-electron chi connectivity index (χ0n) is 16.9. The van der Waals surface area contributed by atoms with Crippen LogP contribution in [0.1, 0.15) is 79.1 Å². The first-order valence-electron chi connectivity index (χ1n) is 10.3. The fourth-order valence-corrected chi connectivity index (χ4v) is 4.35. The van der Waals surface area contributed by atoms with Gasteiger partial charge in [0.2, 0.25) is 5.79 Å². The van der Waals surface area contributed by atoms with Crippen molar-refractivity contribution in [1.29, 1.82) is 0 Å². The van der Waals surface area contributed by atoms with E-state index < -0.39 is 17.4 Å². The second-order valence-corrected chi connectivity index (χ2v) is 8.75. The standard InChI is InChI=1S/C21H36O5/c1-6-7-8-9-10-11-12-13-14-21-18(25-20(4,5)26-21)17-16(23-21)15-22-19(2,3)24-17/h6,16-18H,1,7-15H2,2-5H3/t16-,17+,18-,21-/m0/s1. The number of ether oxygens (including phenoxy) is 5. The molecule has 0 N–H and O–H groups in total. The second-order valence-electron chi connectivity index (χ2n) is 8.75. The molecule has 0 amide bonds. The molecule has 3 aliphatic rings. The van der Waals surface area contributed by atoms with Gasteiger partial charge in [-0.3, -0.25) is 0 Å². The summed E-state index contributed by atoms with van der Waals surface area (Å²) in [7, 11) is 0. The molecule has 3 fully saturated rings. The molecule has 3 saturated heterocycles. The minimum atomic E-state index is -0.703. The van der Waals surface area contributed by atoms with Gasteiger partial charge in [-0.05, 0) is 47.0 Å². The highest BCUT2D eigenvalue weighted by molar-refractivity contribution is 5.04. The van der Waals surface area contributed by atoms with Crippen LogP contribution in [0.3, 0.4) is 0 Å². The molecule has 4 atom stereocenters. The van der Waals surface area contributed by atoms with Crippen molar-refractivity contribution in [3.63, 3.8) is 0 Å². The summed E-state index contributed by atoms with van der Waals surface area (Å²) < 4.78 is 30.8. The Hall–Kier alpha value is -0.460. The lowest BCUT2D eigenvalue weighted by atomic mass is 9.98. The van der Waals surface area contributed by atoms with Gasteiger partial charge in [0.15, 0.2) is 11.6 Å². The van der Waals surface area contributed by atoms with Crippen LogP contribution in [0, 0.1) is 0 Å². The monoisotopic (exact) mass is 368 g/mol. The summed E-state index contributed by atoms with van der Waals surface area (Å²) in [4.78, 5) is 0. The minimum Gasteiger partial charge on any atom is -0.348 e. The molecule has 0 aromatic carbocycles. The summed E-state index contributed by atoms with van der Waals surface area (Å²) in [5.41, 5.74) is 0. The van der Waals surface area contributed by atoms with Crippen LogP contribution < -0.4 is 0 Å². The second kappa shape index (κ2) is 7.88. The molecular weight excluding hydrogens is 332 g/mol. The highest BCUT2D eigenvalue weighted by Crippen LogP contribution is 2.51. The highest BCUT2D eigenvalue weighted by Gasteiger charge is 2.66. The van der Waals surface area contributed by atoms with Crippen LogP contribution in [-0.2, 0) is 23.7 Å². The fourth-order valence-electron chi connectivity index (χ4n) is 4.35. The van der Waals surface area contributed by atoms with Crippen molar-refractivity contribution in [2.75, 3.05) is 6.61 Å². The molecule has 3 heterocycles. The van der Waals surface area contributed by atoms with Crippen LogP contribution in [0.15, 0.2) is 12.7 Å². The molecule has 0 aliphatic carbocycles. The molecule has 0 aromatic rings. The lowest BCUT2D eigenvalue weighted by Gasteiger charge is -2.38. The summed E-state index contributed by atoms with van der Waals surface area (Å²) in [6.07, 6.45) is 10.8. The van der Waals surface area contributed by atoms with Crippen LogP contribution in [0.25, 0.3) is 0 Å². The number of hydrogen-bond acceptors (Lipinski definition) is 5. The largest absolute Gasteiger partial charge is 0.348 e. The Kier molecular flexibility index (Phi) is 6.15. The third-order valence-corrected chi connectivity index (χ3v) is 5.48. The van der Waals surface area contributed by atoms with E-state index in [-0.39, 0.29) is 18.3 Å². The van der Waals surface area contributed by atoms with Crippen LogP contribution in [0.2, 0.25) is 0 Å². The molecule has 0 saturated carbocycles. The molecule has 0 bridgehead atoms. The van der Waals surface area contributed by atoms with Crippen LogP contribution in [-0.4, -0.2) is 42.3 Å². The van der Waals surface area contributed by atoms with E-state index in [4.69, 9.17) is 23.7 Å². The van der Waals surface area contributed by atoms with Gasteiger partial charge < -0.3 is 23.7 Å². The SMILES string of the molecule is C=CCCCCCCCC[C@@]12O[C@H]3COC(C)(C)O[C@H]3[C@@H]1OC(C)(C)O2. The van der Waals surface area contributed by atoms with Gasteiger partial charge in [0.05, 0.1) is 6.61 Å². The Labute approximate surface area is 158 Å². The Morgan fingerprint density at radius 1 is 0.885 bits per heavy atom. The Morgan fingerprint density at radius 2 is 1.58 bits per heavy atom. The minimum absolute atomic E-state index is 0.122. The molecule has 3 aliphatic heterocycles. The van der Waals surface area contributed by atoms with Crippen molar-refractivity contribution in [2.24, 2.45) is 0 Å². The fraction of sp³-hybridized carbons (Fsp3) is 0.905. The lowest BCUT2D eigenvalue weighted by Crippen LogP contribution is -2.51. The van der Waals surface area contributed by atoms with E-state index in [1.54, 1.807) is 0 Å². The number of rotatable bonds is 9. The van der Waals surface area contributed by atoms with Crippen LogP contribution in [0.5, 0.6) is 0 Å². The molecule has 5 nitrogen and oxygen atoms in total. The third-order valence-electron chi connectivity index (χ3n) is 5.48. The van der Waals surface area contributed by atoms with Crippen molar-refractivity contribution in [1.82, 2.24) is 0 Å². The van der Waals surface area contributed by atoms with Crippen molar-refractivity contribution < 1.29 is 23.7 Å². The third kappa shape index (κ3) is 4.50. The van der Waals surface area contributed by atoms with Gasteiger partial charge in [-0.25, -0.2) is 0 Å². The van der Waals surface area contributed by atoms with E-state index in [1.807, 2.05) is 33.8 Å². The van der Waals surface area contributed by atoms with Gasteiger partial charge in [0, 0.05) is 6.42 Å². The normalized spacial score (nSPS) is 37.3. The highest BCUT2D eigenvalue weighted by atomic mass is 16.9. The first-order valence-corrected chi connectivity index (χ1v) is 10.3. The maximum atomic E-state index is 6.36. The summed E-state index contributed by atoms with van der Waals surface area (Å²) in [5.74, 6) is -1.96. The van der Waals surface area contributed by atoms with Crippen molar-refractivity contribution in [2.45, 2.75) is 115 Å². The number of unbranched alkanes of at least 4 members (excludes halogenated alkanes) is 6. The Morgan fingerprint density at radius 3 is 2.31 bits per heavy atom. The maximum Gasteiger partial charge on any atom is 0.201 e. The average Bonchev–Trinajstić information content (AvgIpc) is 2.96. The topological polar surface area (TPSA) is 46.2 Å². The smallest absolute Gasteiger partial charge is 0.201 e. The van der Waals surface area contributed by atoms with Gasteiger partial charge in [0.1, 0.15) is 18.3 Å². The first-order chi connectivity index (χ1) is 12.3. The summed E-state index contributed by atoms with van der Waals surface area (Å²) in [6.45, 7) is 12.1. The van der Waals surface area contributed by atoms with Crippen molar-refractivity contribution >= 4 is 0 Å². The molecule has 0 aromatic heterocycles. The van der Waals surface area contributed by atoms with Crippen LogP contribution in [0.4, 0.5) is 0 Å². The average molecular weight is 369 g/mol. The van der Waals surface area contributed by atoms with Crippen molar-refractivity contribution in [3.8, 4) is 0 Å². The maximum absolute atomic E-state index is 6.36. The number of hydrogen-bond donors (Lipinski definition) is 0. The summed E-state index contributed by atoms with van der Waals surface area (Å²) in [5, 5.41) is 0. The van der Waals surface area contributed by atoms with Gasteiger partial charge in [0.25, 0.3) is 0 Å². The van der Waals surface area contributed by atoms with E-state index in [9.17, 15) is 0 Å². The Balaban J connectivity index is 1.53. The van der Waals surface area contributed by atoms with E-state index in [0.717, 1.165) is 19.3 Å². The molecule has 0 radical (unpaired) electrons. The lowest BCUT2D eigenvalue weighted by molar-refractivity contribution is -0.328. The van der Waals surface area contributed by atoms with Gasteiger partial charge in [-0.1, -0.05) is 31.8 Å². The quantitative estimate of drug-likeness (QED) is 0.436. The van der Waals surface area contributed by atoms with E-state index >= 15 is 0 Å². The van der Waals surface area contributed by atoms with Crippen LogP contribution >= 0.6 is 0 Å². The molecule has 5 heteroatoms. The molecule has 0 spiro atoms. The van der Waals surface area contributed by atoms with Gasteiger partial charge >= 0.3 is 0 Å². The summed E-state index contributed by atoms with van der Waals surface area (Å²) >= 11 is 0. The first kappa shape index (κ1) is 20.3. The predicted molar refractivity (Wildman–Crippen MR) is 99.7 cm³/mol. The van der Waals surface area contributed by atoms with E-state index in [0.29, 0.717) is 6.61 Å². The molecular formula is C21H36O5. The number of allylic oxidation sites excluding steroid dienone is 1. The molecule has 0 unspecified atom stereocenters. The summed E-state index contributed by atoms with van der Waals surface area (Å²) in [6, 6.07) is 0. The zero-order chi connectivity index (χ0) is 18.8. The van der Waals surface area contributed by atoms with Gasteiger partial charge in [-0.2, -0.15) is 0 Å². The Bertz CT molecular complexity index is 489. The van der Waals surface area contributed by atoms with E-state index in [1.165, 1.54) is 32.1 Å². The number of fused-ring (bicyclic) bond motifs is 3. The molecule has 150 valence electrons. The molecule has 26 heavy (non-hydrogen) atoms.